The Balaban J connectivity index is 1.75. The molecule has 0 fully saturated rings. The van der Waals surface area contributed by atoms with Gasteiger partial charge in [0, 0.05) is 23.0 Å². The third-order valence-electron chi connectivity index (χ3n) is 4.10. The smallest absolute Gasteiger partial charge is 0.416 e. The molecule has 3 aromatic rings. The fraction of sp³-hybridized carbons (Fsp3) is 0.105. The number of nitrogens with zero attached hydrogens (tertiary/aromatic N) is 1. The highest BCUT2D eigenvalue weighted by atomic mass is 19.4. The maximum atomic E-state index is 12.7. The molecule has 31 heavy (non-hydrogen) atoms. The van der Waals surface area contributed by atoms with Gasteiger partial charge < -0.3 is 15.0 Å². The lowest BCUT2D eigenvalue weighted by Gasteiger charge is -2.10. The zero-order valence-electron chi connectivity index (χ0n) is 15.4. The van der Waals surface area contributed by atoms with Gasteiger partial charge in [-0.15, -0.1) is 0 Å². The number of carbonyl (C=O) groups excluding carboxylic acids is 2. The van der Waals surface area contributed by atoms with Gasteiger partial charge in [0.1, 0.15) is 5.69 Å². The van der Waals surface area contributed by atoms with Crippen LogP contribution in [0, 0.1) is 10.1 Å². The Morgan fingerprint density at radius 2 is 1.84 bits per heavy atom. The second kappa shape index (κ2) is 8.26. The Labute approximate surface area is 170 Å². The van der Waals surface area contributed by atoms with Crippen molar-refractivity contribution in [2.75, 3.05) is 11.9 Å². The fourth-order valence-electron chi connectivity index (χ4n) is 2.73. The minimum atomic E-state index is -4.81. The van der Waals surface area contributed by atoms with Crippen LogP contribution in [0.4, 0.5) is 24.5 Å². The average molecular weight is 435 g/mol. The van der Waals surface area contributed by atoms with Crippen molar-refractivity contribution < 1.29 is 32.4 Å². The molecule has 0 saturated heterocycles. The maximum Gasteiger partial charge on any atom is 0.416 e. The van der Waals surface area contributed by atoms with Crippen LogP contribution < -0.4 is 10.9 Å². The number of nitro benzene ring substituents is 1. The molecule has 160 valence electrons. The van der Waals surface area contributed by atoms with Gasteiger partial charge in [0.2, 0.25) is 5.56 Å². The van der Waals surface area contributed by atoms with E-state index in [0.717, 1.165) is 12.1 Å². The van der Waals surface area contributed by atoms with Gasteiger partial charge in [0.15, 0.2) is 6.61 Å². The predicted molar refractivity (Wildman–Crippen MR) is 102 cm³/mol. The molecule has 0 saturated carbocycles. The molecule has 0 aliphatic heterocycles. The second-order valence-corrected chi connectivity index (χ2v) is 6.20. The van der Waals surface area contributed by atoms with Crippen LogP contribution in [0.3, 0.4) is 0 Å². The van der Waals surface area contributed by atoms with Gasteiger partial charge in [-0.05, 0) is 18.2 Å². The molecule has 0 unspecified atom stereocenters. The van der Waals surface area contributed by atoms with E-state index in [0.29, 0.717) is 17.0 Å². The molecule has 1 amide bonds. The molecule has 1 aromatic heterocycles. The molecular weight excluding hydrogens is 423 g/mol. The van der Waals surface area contributed by atoms with Crippen molar-refractivity contribution in [1.29, 1.82) is 0 Å². The summed E-state index contributed by atoms with van der Waals surface area (Å²) in [5.41, 5.74) is -3.05. The number of anilines is 1. The van der Waals surface area contributed by atoms with E-state index in [1.165, 1.54) is 0 Å². The first-order valence-corrected chi connectivity index (χ1v) is 8.51. The first kappa shape index (κ1) is 21.5. The van der Waals surface area contributed by atoms with Crippen molar-refractivity contribution in [2.45, 2.75) is 6.18 Å². The number of ether oxygens (including phenoxy) is 1. The summed E-state index contributed by atoms with van der Waals surface area (Å²) in [5, 5.41) is 13.5. The summed E-state index contributed by atoms with van der Waals surface area (Å²) >= 11 is 0. The Hall–Kier alpha value is -4.22. The van der Waals surface area contributed by atoms with Crippen molar-refractivity contribution in [3.05, 3.63) is 80.1 Å². The van der Waals surface area contributed by atoms with E-state index in [2.05, 4.69) is 4.98 Å². The third kappa shape index (κ3) is 4.86. The summed E-state index contributed by atoms with van der Waals surface area (Å²) in [5.74, 6) is -2.02. The Morgan fingerprint density at radius 3 is 2.52 bits per heavy atom. The van der Waals surface area contributed by atoms with Gasteiger partial charge in [-0.25, -0.2) is 4.79 Å². The summed E-state index contributed by atoms with van der Waals surface area (Å²) in [6.45, 7) is -0.891. The minimum Gasteiger partial charge on any atom is -0.452 e. The van der Waals surface area contributed by atoms with Gasteiger partial charge in [-0.3, -0.25) is 19.7 Å². The highest BCUT2D eigenvalue weighted by Gasteiger charge is 2.33. The molecule has 0 aliphatic rings. The van der Waals surface area contributed by atoms with Crippen LogP contribution >= 0.6 is 0 Å². The second-order valence-electron chi connectivity index (χ2n) is 6.20. The Kier molecular flexibility index (Phi) is 5.72. The minimum absolute atomic E-state index is 0.104. The van der Waals surface area contributed by atoms with Gasteiger partial charge in [-0.2, -0.15) is 13.2 Å². The van der Waals surface area contributed by atoms with Crippen LogP contribution in [-0.2, 0) is 15.7 Å². The first-order valence-electron chi connectivity index (χ1n) is 8.51. The Morgan fingerprint density at radius 1 is 1.13 bits per heavy atom. The number of hydrogen-bond donors (Lipinski definition) is 2. The molecule has 1 heterocycles. The number of amides is 1. The van der Waals surface area contributed by atoms with Crippen molar-refractivity contribution in [2.24, 2.45) is 0 Å². The SMILES string of the molecule is O=C(COC(=O)c1cc(=O)[nH]c2ccccc12)Nc1ccc(C(F)(F)F)cc1[N+](=O)[O-]. The number of halogens is 3. The van der Waals surface area contributed by atoms with Crippen LogP contribution in [-0.4, -0.2) is 28.4 Å². The quantitative estimate of drug-likeness (QED) is 0.359. The molecule has 0 bridgehead atoms. The van der Waals surface area contributed by atoms with Gasteiger partial charge in [-0.1, -0.05) is 18.2 Å². The third-order valence-corrected chi connectivity index (χ3v) is 4.10. The summed E-state index contributed by atoms with van der Waals surface area (Å²) < 4.78 is 43.1. The number of nitrogens with one attached hydrogen (secondary N) is 2. The summed E-state index contributed by atoms with van der Waals surface area (Å²) in [7, 11) is 0. The number of alkyl halides is 3. The van der Waals surface area contributed by atoms with E-state index >= 15 is 0 Å². The number of nitro groups is 1. The number of esters is 1. The largest absolute Gasteiger partial charge is 0.452 e. The lowest BCUT2D eigenvalue weighted by atomic mass is 10.1. The normalized spacial score (nSPS) is 11.2. The monoisotopic (exact) mass is 435 g/mol. The summed E-state index contributed by atoms with van der Waals surface area (Å²) in [6.07, 6.45) is -4.81. The number of benzene rings is 2. The van der Waals surface area contributed by atoms with E-state index < -0.39 is 52.1 Å². The molecule has 0 aliphatic carbocycles. The fourth-order valence-corrected chi connectivity index (χ4v) is 2.73. The standard InChI is InChI=1S/C19H12F3N3O6/c20-19(21,22)10-5-6-14(15(7-10)25(29)30)24-17(27)9-31-18(28)12-8-16(26)23-13-4-2-1-3-11(12)13/h1-8H,9H2,(H,23,26)(H,24,27). The molecule has 9 nitrogen and oxygen atoms in total. The maximum absolute atomic E-state index is 12.7. The van der Waals surface area contributed by atoms with Crippen molar-refractivity contribution in [3.63, 3.8) is 0 Å². The Bertz CT molecular complexity index is 1250. The lowest BCUT2D eigenvalue weighted by Crippen LogP contribution is -2.22. The molecule has 2 N–H and O–H groups in total. The number of aromatic nitrogens is 1. The van der Waals surface area contributed by atoms with Crippen LogP contribution in [0.2, 0.25) is 0 Å². The van der Waals surface area contributed by atoms with E-state index in [9.17, 15) is 37.7 Å². The molecular formula is C19H12F3N3O6. The number of carbonyl (C=O) groups is 2. The summed E-state index contributed by atoms with van der Waals surface area (Å²) in [6, 6.07) is 8.93. The topological polar surface area (TPSA) is 131 Å². The van der Waals surface area contributed by atoms with Crippen LogP contribution in [0.1, 0.15) is 15.9 Å². The highest BCUT2D eigenvalue weighted by Crippen LogP contribution is 2.34. The van der Waals surface area contributed by atoms with Crippen molar-refractivity contribution in [3.8, 4) is 0 Å². The number of pyridine rings is 1. The first-order chi connectivity index (χ1) is 14.6. The number of hydrogen-bond acceptors (Lipinski definition) is 6. The van der Waals surface area contributed by atoms with E-state index in [4.69, 9.17) is 4.74 Å². The summed E-state index contributed by atoms with van der Waals surface area (Å²) in [4.78, 5) is 48.5. The zero-order valence-corrected chi connectivity index (χ0v) is 15.4. The number of aromatic amines is 1. The van der Waals surface area contributed by atoms with Crippen LogP contribution in [0.25, 0.3) is 10.9 Å². The van der Waals surface area contributed by atoms with Crippen LogP contribution in [0.5, 0.6) is 0 Å². The molecule has 0 spiro atoms. The molecule has 3 rings (SSSR count). The number of para-hydroxylation sites is 1. The van der Waals surface area contributed by atoms with Gasteiger partial charge in [0.25, 0.3) is 11.6 Å². The van der Waals surface area contributed by atoms with Gasteiger partial charge in [0.05, 0.1) is 16.1 Å². The van der Waals surface area contributed by atoms with Gasteiger partial charge >= 0.3 is 12.1 Å². The molecule has 12 heteroatoms. The molecule has 2 aromatic carbocycles. The van der Waals surface area contributed by atoms with E-state index in [-0.39, 0.29) is 11.6 Å². The number of rotatable bonds is 5. The van der Waals surface area contributed by atoms with E-state index in [1.807, 2.05) is 5.32 Å². The van der Waals surface area contributed by atoms with Crippen molar-refractivity contribution >= 4 is 34.2 Å². The highest BCUT2D eigenvalue weighted by molar-refractivity contribution is 6.04. The van der Waals surface area contributed by atoms with E-state index in [1.54, 1.807) is 24.3 Å². The molecule has 0 atom stereocenters. The van der Waals surface area contributed by atoms with Crippen LogP contribution in [0.15, 0.2) is 53.3 Å². The number of fused-ring (bicyclic) bond motifs is 1. The van der Waals surface area contributed by atoms with Crippen molar-refractivity contribution in [1.82, 2.24) is 4.98 Å². The average Bonchev–Trinajstić information content (AvgIpc) is 2.70. The zero-order chi connectivity index (χ0) is 22.8. The molecule has 0 radical (unpaired) electrons. The predicted octanol–water partition coefficient (Wildman–Crippen LogP) is 3.25. The number of H-pyrrole nitrogens is 1. The lowest BCUT2D eigenvalue weighted by molar-refractivity contribution is -0.384.